The fourth-order valence-corrected chi connectivity index (χ4v) is 2.34. The van der Waals surface area contributed by atoms with Crippen LogP contribution in [0.2, 0.25) is 0 Å². The second-order valence-corrected chi connectivity index (χ2v) is 5.30. The Morgan fingerprint density at radius 3 is 2.41 bits per heavy atom. The quantitative estimate of drug-likeness (QED) is 0.844. The van der Waals surface area contributed by atoms with E-state index in [2.05, 4.69) is 32.6 Å². The number of likely N-dealkylation sites (N-methyl/N-ethyl adjacent to an activating group) is 1. The first kappa shape index (κ1) is 14.0. The van der Waals surface area contributed by atoms with Crippen molar-refractivity contribution in [1.29, 1.82) is 0 Å². The van der Waals surface area contributed by atoms with Crippen molar-refractivity contribution in [1.82, 2.24) is 4.90 Å². The van der Waals surface area contributed by atoms with Crippen molar-refractivity contribution in [3.63, 3.8) is 0 Å². The molecule has 0 aliphatic rings. The van der Waals surface area contributed by atoms with Crippen molar-refractivity contribution in [3.05, 3.63) is 29.8 Å². The lowest BCUT2D eigenvalue weighted by Crippen LogP contribution is -2.46. The summed E-state index contributed by atoms with van der Waals surface area (Å²) in [6.07, 6.45) is 0. The van der Waals surface area contributed by atoms with Crippen LogP contribution in [0.1, 0.15) is 39.3 Å². The van der Waals surface area contributed by atoms with E-state index in [-0.39, 0.29) is 11.6 Å². The van der Waals surface area contributed by atoms with Gasteiger partial charge in [0.2, 0.25) is 0 Å². The van der Waals surface area contributed by atoms with Gasteiger partial charge >= 0.3 is 0 Å². The molecule has 0 bridgehead atoms. The first-order valence-corrected chi connectivity index (χ1v) is 6.16. The standard InChI is InChI=1S/C14H24N2O/c1-5-16(14(2,3)4)13(10-15)11-7-6-8-12(17)9-11/h6-9,13,17H,5,10,15H2,1-4H3. The molecule has 0 saturated carbocycles. The lowest BCUT2D eigenvalue weighted by atomic mass is 9.97. The Labute approximate surface area is 104 Å². The van der Waals surface area contributed by atoms with Gasteiger partial charge in [-0.05, 0) is 45.0 Å². The molecule has 17 heavy (non-hydrogen) atoms. The summed E-state index contributed by atoms with van der Waals surface area (Å²) in [5.74, 6) is 0.297. The predicted molar refractivity (Wildman–Crippen MR) is 72.0 cm³/mol. The second kappa shape index (κ2) is 5.52. The highest BCUT2D eigenvalue weighted by Gasteiger charge is 2.27. The number of rotatable bonds is 4. The average Bonchev–Trinajstić information content (AvgIpc) is 2.23. The van der Waals surface area contributed by atoms with E-state index in [4.69, 9.17) is 5.73 Å². The molecule has 0 amide bonds. The molecule has 0 aliphatic carbocycles. The molecule has 1 rings (SSSR count). The molecule has 3 heteroatoms. The molecule has 0 fully saturated rings. The van der Waals surface area contributed by atoms with Gasteiger partial charge in [-0.3, -0.25) is 4.90 Å². The number of hydrogen-bond donors (Lipinski definition) is 2. The summed E-state index contributed by atoms with van der Waals surface area (Å²) in [5, 5.41) is 9.56. The molecule has 0 spiro atoms. The van der Waals surface area contributed by atoms with Crippen molar-refractivity contribution >= 4 is 0 Å². The Balaban J connectivity index is 3.05. The zero-order valence-electron chi connectivity index (χ0n) is 11.3. The fourth-order valence-electron chi connectivity index (χ4n) is 2.34. The Hall–Kier alpha value is -1.06. The minimum Gasteiger partial charge on any atom is -0.508 e. The minimum atomic E-state index is 0.0598. The van der Waals surface area contributed by atoms with Crippen LogP contribution in [0.25, 0.3) is 0 Å². The molecule has 0 saturated heterocycles. The number of benzene rings is 1. The molecule has 3 nitrogen and oxygen atoms in total. The monoisotopic (exact) mass is 236 g/mol. The Morgan fingerprint density at radius 1 is 1.35 bits per heavy atom. The second-order valence-electron chi connectivity index (χ2n) is 5.30. The number of phenols is 1. The summed E-state index contributed by atoms with van der Waals surface area (Å²) in [6.45, 7) is 10.2. The van der Waals surface area contributed by atoms with E-state index >= 15 is 0 Å². The maximum Gasteiger partial charge on any atom is 0.115 e. The summed E-state index contributed by atoms with van der Waals surface area (Å²) in [6, 6.07) is 7.51. The highest BCUT2D eigenvalue weighted by Crippen LogP contribution is 2.28. The van der Waals surface area contributed by atoms with Gasteiger partial charge in [0.15, 0.2) is 0 Å². The Kier molecular flexibility index (Phi) is 4.54. The van der Waals surface area contributed by atoms with Crippen LogP contribution < -0.4 is 5.73 Å². The van der Waals surface area contributed by atoms with E-state index in [0.29, 0.717) is 12.3 Å². The number of aromatic hydroxyl groups is 1. The first-order chi connectivity index (χ1) is 7.90. The molecule has 3 N–H and O–H groups in total. The molecule has 96 valence electrons. The summed E-state index contributed by atoms with van der Waals surface area (Å²) in [7, 11) is 0. The Morgan fingerprint density at radius 2 is 2.00 bits per heavy atom. The van der Waals surface area contributed by atoms with Crippen molar-refractivity contribution in [3.8, 4) is 5.75 Å². The molecule has 0 heterocycles. The minimum absolute atomic E-state index is 0.0598. The molecule has 1 aromatic rings. The van der Waals surface area contributed by atoms with E-state index in [9.17, 15) is 5.11 Å². The summed E-state index contributed by atoms with van der Waals surface area (Å²) in [5.41, 5.74) is 7.04. The summed E-state index contributed by atoms with van der Waals surface area (Å²) < 4.78 is 0. The van der Waals surface area contributed by atoms with Gasteiger partial charge in [-0.25, -0.2) is 0 Å². The average molecular weight is 236 g/mol. The largest absolute Gasteiger partial charge is 0.508 e. The Bertz CT molecular complexity index is 357. The van der Waals surface area contributed by atoms with Gasteiger partial charge in [-0.15, -0.1) is 0 Å². The normalized spacial score (nSPS) is 14.0. The number of nitrogens with two attached hydrogens (primary N) is 1. The predicted octanol–water partition coefficient (Wildman–Crippen LogP) is 2.51. The van der Waals surface area contributed by atoms with E-state index in [0.717, 1.165) is 12.1 Å². The molecule has 0 aliphatic heterocycles. The topological polar surface area (TPSA) is 49.5 Å². The van der Waals surface area contributed by atoms with Crippen molar-refractivity contribution in [2.75, 3.05) is 13.1 Å². The molecule has 1 aromatic carbocycles. The summed E-state index contributed by atoms with van der Waals surface area (Å²) >= 11 is 0. The van der Waals surface area contributed by atoms with E-state index in [1.165, 1.54) is 0 Å². The van der Waals surface area contributed by atoms with Crippen LogP contribution in [0, 0.1) is 0 Å². The van der Waals surface area contributed by atoms with E-state index in [1.54, 1.807) is 12.1 Å². The van der Waals surface area contributed by atoms with Gasteiger partial charge in [0.25, 0.3) is 0 Å². The molecule has 0 radical (unpaired) electrons. The summed E-state index contributed by atoms with van der Waals surface area (Å²) in [4.78, 5) is 2.35. The smallest absolute Gasteiger partial charge is 0.115 e. The maximum absolute atomic E-state index is 9.56. The van der Waals surface area contributed by atoms with Gasteiger partial charge in [0.1, 0.15) is 5.75 Å². The van der Waals surface area contributed by atoms with Crippen LogP contribution in [-0.4, -0.2) is 28.6 Å². The third-order valence-corrected chi connectivity index (χ3v) is 3.06. The van der Waals surface area contributed by atoms with Crippen molar-refractivity contribution in [2.45, 2.75) is 39.3 Å². The van der Waals surface area contributed by atoms with Crippen LogP contribution in [0.5, 0.6) is 5.75 Å². The van der Waals surface area contributed by atoms with E-state index in [1.807, 2.05) is 12.1 Å². The van der Waals surface area contributed by atoms with Gasteiger partial charge < -0.3 is 10.8 Å². The molecular weight excluding hydrogens is 212 g/mol. The maximum atomic E-state index is 9.56. The van der Waals surface area contributed by atoms with Crippen molar-refractivity contribution < 1.29 is 5.11 Å². The zero-order chi connectivity index (χ0) is 13.1. The van der Waals surface area contributed by atoms with Crippen LogP contribution in [-0.2, 0) is 0 Å². The number of nitrogens with zero attached hydrogens (tertiary/aromatic N) is 1. The third-order valence-electron chi connectivity index (χ3n) is 3.06. The van der Waals surface area contributed by atoms with Crippen LogP contribution in [0.4, 0.5) is 0 Å². The molecule has 1 unspecified atom stereocenters. The van der Waals surface area contributed by atoms with Crippen LogP contribution in [0.15, 0.2) is 24.3 Å². The van der Waals surface area contributed by atoms with Gasteiger partial charge in [0, 0.05) is 18.1 Å². The highest BCUT2D eigenvalue weighted by atomic mass is 16.3. The molecular formula is C14H24N2O. The first-order valence-electron chi connectivity index (χ1n) is 6.16. The van der Waals surface area contributed by atoms with Crippen LogP contribution >= 0.6 is 0 Å². The zero-order valence-corrected chi connectivity index (χ0v) is 11.3. The van der Waals surface area contributed by atoms with Gasteiger partial charge in [-0.2, -0.15) is 0 Å². The fraction of sp³-hybridized carbons (Fsp3) is 0.571. The SMILES string of the molecule is CCN(C(CN)c1cccc(O)c1)C(C)(C)C. The lowest BCUT2D eigenvalue weighted by Gasteiger charge is -2.41. The lowest BCUT2D eigenvalue weighted by molar-refractivity contribution is 0.0918. The highest BCUT2D eigenvalue weighted by molar-refractivity contribution is 5.30. The van der Waals surface area contributed by atoms with E-state index < -0.39 is 0 Å². The molecule has 1 atom stereocenters. The van der Waals surface area contributed by atoms with Crippen LogP contribution in [0.3, 0.4) is 0 Å². The van der Waals surface area contributed by atoms with Gasteiger partial charge in [0.05, 0.1) is 0 Å². The number of phenolic OH excluding ortho intramolecular Hbond substituents is 1. The third kappa shape index (κ3) is 3.45. The van der Waals surface area contributed by atoms with Crippen molar-refractivity contribution in [2.24, 2.45) is 5.73 Å². The number of hydrogen-bond acceptors (Lipinski definition) is 3. The molecule has 0 aromatic heterocycles. The van der Waals surface area contributed by atoms with Gasteiger partial charge in [-0.1, -0.05) is 19.1 Å².